The fourth-order valence-corrected chi connectivity index (χ4v) is 6.36. The van der Waals surface area contributed by atoms with E-state index in [0.29, 0.717) is 17.9 Å². The summed E-state index contributed by atoms with van der Waals surface area (Å²) in [7, 11) is 0. The van der Waals surface area contributed by atoms with Crippen LogP contribution in [-0.4, -0.2) is 11.9 Å². The minimum absolute atomic E-state index is 0.108. The van der Waals surface area contributed by atoms with Crippen LogP contribution in [0.15, 0.2) is 40.9 Å². The zero-order valence-electron chi connectivity index (χ0n) is 13.7. The maximum atomic E-state index is 13.0. The number of halogens is 1. The Morgan fingerprint density at radius 2 is 1.50 bits per heavy atom. The van der Waals surface area contributed by atoms with Crippen molar-refractivity contribution in [1.29, 1.82) is 0 Å². The van der Waals surface area contributed by atoms with Crippen LogP contribution in [0.5, 0.6) is 0 Å². The van der Waals surface area contributed by atoms with E-state index in [-0.39, 0.29) is 5.91 Å². The van der Waals surface area contributed by atoms with Crippen LogP contribution >= 0.6 is 15.9 Å². The van der Waals surface area contributed by atoms with E-state index in [1.54, 1.807) is 0 Å². The van der Waals surface area contributed by atoms with Gasteiger partial charge in [0.15, 0.2) is 0 Å². The van der Waals surface area contributed by atoms with Crippen molar-refractivity contribution in [3.05, 3.63) is 46.4 Å². The highest BCUT2D eigenvalue weighted by Crippen LogP contribution is 2.53. The maximum Gasteiger partial charge on any atom is 0.252 e. The molecule has 0 spiro atoms. The Hall–Kier alpha value is -1.35. The van der Waals surface area contributed by atoms with Crippen molar-refractivity contribution >= 4 is 32.6 Å². The Balaban J connectivity index is 1.44. The molecule has 0 aromatic heterocycles. The molecule has 4 fully saturated rings. The molecule has 24 heavy (non-hydrogen) atoms. The second kappa shape index (κ2) is 5.59. The smallest absolute Gasteiger partial charge is 0.252 e. The lowest BCUT2D eigenvalue weighted by molar-refractivity contribution is -0.0119. The molecule has 3 heteroatoms. The number of rotatable bonds is 2. The zero-order valence-corrected chi connectivity index (χ0v) is 15.3. The summed E-state index contributed by atoms with van der Waals surface area (Å²) in [5, 5.41) is 5.58. The number of fused-ring (bicyclic) bond motifs is 1. The summed E-state index contributed by atoms with van der Waals surface area (Å²) in [4.78, 5) is 13.0. The van der Waals surface area contributed by atoms with E-state index >= 15 is 0 Å². The first-order chi connectivity index (χ1) is 11.7. The third-order valence-corrected chi connectivity index (χ3v) is 7.33. The topological polar surface area (TPSA) is 29.1 Å². The number of nitrogens with one attached hydrogen (secondary N) is 1. The van der Waals surface area contributed by atoms with Gasteiger partial charge in [-0.05, 0) is 78.7 Å². The molecule has 2 nitrogen and oxygen atoms in total. The predicted molar refractivity (Wildman–Crippen MR) is 99.9 cm³/mol. The van der Waals surface area contributed by atoms with Crippen LogP contribution in [0.4, 0.5) is 0 Å². The summed E-state index contributed by atoms with van der Waals surface area (Å²) >= 11 is 3.60. The second-order valence-electron chi connectivity index (χ2n) is 8.07. The van der Waals surface area contributed by atoms with Gasteiger partial charge in [-0.2, -0.15) is 0 Å². The van der Waals surface area contributed by atoms with E-state index in [2.05, 4.69) is 27.3 Å². The average molecular weight is 384 g/mol. The molecular weight excluding hydrogens is 362 g/mol. The normalized spacial score (nSPS) is 33.8. The summed E-state index contributed by atoms with van der Waals surface area (Å²) in [5.41, 5.74) is 0.808. The molecule has 0 saturated heterocycles. The Bertz CT molecular complexity index is 787. The number of amides is 1. The van der Waals surface area contributed by atoms with Crippen LogP contribution in [-0.2, 0) is 0 Å². The molecule has 4 bridgehead atoms. The van der Waals surface area contributed by atoms with Crippen molar-refractivity contribution in [2.24, 2.45) is 23.7 Å². The van der Waals surface area contributed by atoms with Gasteiger partial charge in [-0.3, -0.25) is 4.79 Å². The van der Waals surface area contributed by atoms with Gasteiger partial charge in [0.2, 0.25) is 0 Å². The summed E-state index contributed by atoms with van der Waals surface area (Å²) in [6.07, 6.45) is 6.78. The van der Waals surface area contributed by atoms with E-state index in [0.717, 1.165) is 32.6 Å². The third-order valence-electron chi connectivity index (χ3n) is 6.64. The van der Waals surface area contributed by atoms with Gasteiger partial charge in [0, 0.05) is 16.1 Å². The van der Waals surface area contributed by atoms with E-state index in [4.69, 9.17) is 0 Å². The van der Waals surface area contributed by atoms with Gasteiger partial charge in [0.25, 0.3) is 5.91 Å². The van der Waals surface area contributed by atoms with Gasteiger partial charge in [0.1, 0.15) is 0 Å². The van der Waals surface area contributed by atoms with Crippen LogP contribution in [0, 0.1) is 23.7 Å². The Kier molecular flexibility index (Phi) is 3.48. The van der Waals surface area contributed by atoms with Crippen LogP contribution in [0.1, 0.15) is 42.5 Å². The van der Waals surface area contributed by atoms with Crippen LogP contribution in [0.25, 0.3) is 10.8 Å². The summed E-state index contributed by atoms with van der Waals surface area (Å²) in [6.45, 7) is 0. The lowest BCUT2D eigenvalue weighted by atomic mass is 9.54. The molecule has 0 unspecified atom stereocenters. The predicted octanol–water partition coefficient (Wildman–Crippen LogP) is 5.16. The quantitative estimate of drug-likeness (QED) is 0.762. The fraction of sp³-hybridized carbons (Fsp3) is 0.476. The monoisotopic (exact) mass is 383 g/mol. The molecule has 0 heterocycles. The summed E-state index contributed by atoms with van der Waals surface area (Å²) in [6, 6.07) is 12.5. The first-order valence-electron chi connectivity index (χ1n) is 9.17. The van der Waals surface area contributed by atoms with Crippen LogP contribution in [0.2, 0.25) is 0 Å². The minimum atomic E-state index is 0.108. The number of hydrogen-bond donors (Lipinski definition) is 1. The van der Waals surface area contributed by atoms with Crippen LogP contribution in [0.3, 0.4) is 0 Å². The van der Waals surface area contributed by atoms with E-state index in [1.807, 2.05) is 30.3 Å². The molecule has 0 aliphatic heterocycles. The van der Waals surface area contributed by atoms with Crippen molar-refractivity contribution in [2.75, 3.05) is 0 Å². The maximum absolute atomic E-state index is 13.0. The van der Waals surface area contributed by atoms with Gasteiger partial charge in [0.05, 0.1) is 0 Å². The second-order valence-corrected chi connectivity index (χ2v) is 8.92. The molecule has 0 radical (unpaired) electrons. The van der Waals surface area contributed by atoms with Crippen molar-refractivity contribution in [1.82, 2.24) is 5.32 Å². The summed E-state index contributed by atoms with van der Waals surface area (Å²) < 4.78 is 1.05. The number of carbonyl (C=O) groups excluding carboxylic acids is 1. The first-order valence-corrected chi connectivity index (χ1v) is 9.96. The molecule has 124 valence electrons. The molecular formula is C21H22BrNO. The van der Waals surface area contributed by atoms with Crippen molar-refractivity contribution in [3.8, 4) is 0 Å². The van der Waals surface area contributed by atoms with E-state index in [1.165, 1.54) is 32.1 Å². The van der Waals surface area contributed by atoms with Gasteiger partial charge in [-0.15, -0.1) is 0 Å². The Labute approximate surface area is 151 Å². The van der Waals surface area contributed by atoms with E-state index in [9.17, 15) is 4.79 Å². The van der Waals surface area contributed by atoms with E-state index < -0.39 is 0 Å². The van der Waals surface area contributed by atoms with Gasteiger partial charge >= 0.3 is 0 Å². The Morgan fingerprint density at radius 3 is 2.21 bits per heavy atom. The highest BCUT2D eigenvalue weighted by molar-refractivity contribution is 9.10. The third kappa shape index (κ3) is 2.32. The number of hydrogen-bond acceptors (Lipinski definition) is 1. The fourth-order valence-electron chi connectivity index (χ4n) is 5.86. The molecule has 2 aromatic rings. The standard InChI is InChI=1S/C21H22BrNO/c22-19-6-2-3-16-17(19)4-1-5-18(16)21(24)23-20-14-8-12-7-13(10-14)11-15(20)9-12/h1-6,12-15,20H,7-11H2,(H,23,24). The van der Waals surface area contributed by atoms with Crippen LogP contribution < -0.4 is 5.32 Å². The molecule has 4 aliphatic carbocycles. The summed E-state index contributed by atoms with van der Waals surface area (Å²) in [5.74, 6) is 3.42. The SMILES string of the molecule is O=C(NC1C2CC3CC(C2)CC1C3)c1cccc2c(Br)cccc12. The molecule has 1 N–H and O–H groups in total. The minimum Gasteiger partial charge on any atom is -0.349 e. The number of carbonyl (C=O) groups is 1. The first kappa shape index (κ1) is 14.9. The lowest BCUT2D eigenvalue weighted by Gasteiger charge is -2.54. The largest absolute Gasteiger partial charge is 0.349 e. The molecule has 1 amide bonds. The molecule has 4 saturated carbocycles. The van der Waals surface area contributed by atoms with Gasteiger partial charge in [-0.25, -0.2) is 0 Å². The van der Waals surface area contributed by atoms with Gasteiger partial charge in [-0.1, -0.05) is 40.2 Å². The van der Waals surface area contributed by atoms with Crippen molar-refractivity contribution in [2.45, 2.75) is 38.1 Å². The molecule has 6 rings (SSSR count). The zero-order chi connectivity index (χ0) is 16.3. The highest BCUT2D eigenvalue weighted by atomic mass is 79.9. The number of benzene rings is 2. The van der Waals surface area contributed by atoms with Crippen molar-refractivity contribution < 1.29 is 4.79 Å². The average Bonchev–Trinajstić information content (AvgIpc) is 2.57. The van der Waals surface area contributed by atoms with Gasteiger partial charge < -0.3 is 5.32 Å². The molecule has 2 aromatic carbocycles. The highest BCUT2D eigenvalue weighted by Gasteiger charge is 2.48. The molecule has 4 aliphatic rings. The molecule has 0 atom stereocenters. The lowest BCUT2D eigenvalue weighted by Crippen LogP contribution is -2.55. The van der Waals surface area contributed by atoms with Crippen molar-refractivity contribution in [3.63, 3.8) is 0 Å². The Morgan fingerprint density at radius 1 is 0.875 bits per heavy atom.